The molecule has 1 amide bonds. The minimum absolute atomic E-state index is 0.0639. The van der Waals surface area contributed by atoms with Crippen LogP contribution in [0.2, 0.25) is 0 Å². The van der Waals surface area contributed by atoms with E-state index in [9.17, 15) is 4.79 Å². The second-order valence-corrected chi connectivity index (χ2v) is 5.56. The van der Waals surface area contributed by atoms with Crippen molar-refractivity contribution in [3.63, 3.8) is 0 Å². The highest BCUT2D eigenvalue weighted by atomic mass is 16.5. The van der Waals surface area contributed by atoms with Crippen molar-refractivity contribution in [3.8, 4) is 0 Å². The number of nitrogen functional groups attached to an aromatic ring is 1. The summed E-state index contributed by atoms with van der Waals surface area (Å²) in [7, 11) is 0. The molecule has 3 rings (SSSR count). The lowest BCUT2D eigenvalue weighted by Crippen LogP contribution is -2.54. The van der Waals surface area contributed by atoms with Gasteiger partial charge in [0.15, 0.2) is 0 Å². The number of nitrogens with one attached hydrogen (secondary N) is 1. The zero-order valence-electron chi connectivity index (χ0n) is 11.8. The Balaban J connectivity index is 1.84. The number of carbonyl (C=O) groups excluding carboxylic acids is 1. The molecule has 1 aliphatic heterocycles. The molecule has 3 N–H and O–H groups in total. The first-order valence-corrected chi connectivity index (χ1v) is 7.16. The van der Waals surface area contributed by atoms with Gasteiger partial charge < -0.3 is 20.7 Å². The average molecular weight is 275 g/mol. The maximum Gasteiger partial charge on any atom is 0.245 e. The summed E-state index contributed by atoms with van der Waals surface area (Å²) in [6.07, 6.45) is 2.19. The number of morpholine rings is 1. The van der Waals surface area contributed by atoms with Crippen molar-refractivity contribution in [3.05, 3.63) is 23.8 Å². The van der Waals surface area contributed by atoms with Crippen LogP contribution in [0, 0.1) is 6.92 Å². The van der Waals surface area contributed by atoms with Crippen LogP contribution in [0.5, 0.6) is 0 Å². The molecule has 108 valence electrons. The number of anilines is 2. The van der Waals surface area contributed by atoms with E-state index in [1.165, 1.54) is 0 Å². The number of nitrogens with two attached hydrogens (primary N) is 1. The molecule has 1 aromatic carbocycles. The molecule has 1 aromatic rings. The van der Waals surface area contributed by atoms with Gasteiger partial charge in [0.2, 0.25) is 5.91 Å². The van der Waals surface area contributed by atoms with Gasteiger partial charge in [0.05, 0.1) is 13.2 Å². The first-order valence-electron chi connectivity index (χ1n) is 7.16. The summed E-state index contributed by atoms with van der Waals surface area (Å²) < 4.78 is 5.49. The van der Waals surface area contributed by atoms with Crippen molar-refractivity contribution in [1.29, 1.82) is 0 Å². The molecule has 5 heteroatoms. The zero-order valence-corrected chi connectivity index (χ0v) is 11.8. The summed E-state index contributed by atoms with van der Waals surface area (Å²) >= 11 is 0. The van der Waals surface area contributed by atoms with Crippen LogP contribution in [-0.2, 0) is 9.53 Å². The highest BCUT2D eigenvalue weighted by molar-refractivity contribution is 5.86. The standard InChI is InChI=1S/C15H21N3O2/c1-10-12(16)3-2-4-13(10)18-7-8-20-9-14(18)15(19)17-11-5-6-11/h2-4,11,14H,5-9,16H2,1H3,(H,17,19). The molecular formula is C15H21N3O2. The lowest BCUT2D eigenvalue weighted by Gasteiger charge is -2.37. The number of nitrogens with zero attached hydrogens (tertiary/aromatic N) is 1. The molecule has 1 atom stereocenters. The van der Waals surface area contributed by atoms with E-state index in [4.69, 9.17) is 10.5 Å². The third-order valence-corrected chi connectivity index (χ3v) is 4.01. The number of carbonyl (C=O) groups is 1. The van der Waals surface area contributed by atoms with Crippen LogP contribution in [0.15, 0.2) is 18.2 Å². The normalized spacial score (nSPS) is 22.6. The number of hydrogen-bond donors (Lipinski definition) is 2. The molecule has 2 aliphatic rings. The molecule has 1 unspecified atom stereocenters. The Labute approximate surface area is 119 Å². The zero-order chi connectivity index (χ0) is 14.1. The third kappa shape index (κ3) is 2.58. The first kappa shape index (κ1) is 13.2. The summed E-state index contributed by atoms with van der Waals surface area (Å²) in [5.74, 6) is 0.0639. The smallest absolute Gasteiger partial charge is 0.245 e. The van der Waals surface area contributed by atoms with E-state index in [1.807, 2.05) is 25.1 Å². The Morgan fingerprint density at radius 3 is 3.00 bits per heavy atom. The number of benzene rings is 1. The van der Waals surface area contributed by atoms with Crippen LogP contribution < -0.4 is 16.0 Å². The number of rotatable bonds is 3. The number of hydrogen-bond acceptors (Lipinski definition) is 4. The van der Waals surface area contributed by atoms with E-state index in [0.29, 0.717) is 25.8 Å². The van der Waals surface area contributed by atoms with Gasteiger partial charge in [-0.3, -0.25) is 4.79 Å². The van der Waals surface area contributed by atoms with Crippen LogP contribution >= 0.6 is 0 Å². The van der Waals surface area contributed by atoms with Gasteiger partial charge in [0.25, 0.3) is 0 Å². The fraction of sp³-hybridized carbons (Fsp3) is 0.533. The number of amides is 1. The summed E-state index contributed by atoms with van der Waals surface area (Å²) in [6, 6.07) is 5.95. The van der Waals surface area contributed by atoms with Crippen LogP contribution in [0.1, 0.15) is 18.4 Å². The lowest BCUT2D eigenvalue weighted by atomic mass is 10.1. The Hall–Kier alpha value is -1.75. The SMILES string of the molecule is Cc1c(N)cccc1N1CCOCC1C(=O)NC1CC1. The quantitative estimate of drug-likeness (QED) is 0.810. The molecule has 2 fully saturated rings. The maximum atomic E-state index is 12.4. The molecule has 1 aliphatic carbocycles. The van der Waals surface area contributed by atoms with E-state index >= 15 is 0 Å². The Kier molecular flexibility index (Phi) is 3.53. The topological polar surface area (TPSA) is 67.6 Å². The van der Waals surface area contributed by atoms with Gasteiger partial charge in [-0.15, -0.1) is 0 Å². The molecular weight excluding hydrogens is 254 g/mol. The molecule has 20 heavy (non-hydrogen) atoms. The van der Waals surface area contributed by atoms with Gasteiger partial charge in [0.1, 0.15) is 6.04 Å². The minimum Gasteiger partial charge on any atom is -0.398 e. The minimum atomic E-state index is -0.259. The highest BCUT2D eigenvalue weighted by Crippen LogP contribution is 2.28. The highest BCUT2D eigenvalue weighted by Gasteiger charge is 2.33. The van der Waals surface area contributed by atoms with Crippen molar-refractivity contribution in [2.75, 3.05) is 30.4 Å². The first-order chi connectivity index (χ1) is 9.66. The average Bonchev–Trinajstić information content (AvgIpc) is 3.26. The Morgan fingerprint density at radius 1 is 1.45 bits per heavy atom. The predicted molar refractivity (Wildman–Crippen MR) is 78.7 cm³/mol. The summed E-state index contributed by atoms with van der Waals surface area (Å²) in [6.45, 7) is 3.79. The molecule has 0 bridgehead atoms. The van der Waals surface area contributed by atoms with Gasteiger partial charge in [-0.1, -0.05) is 6.07 Å². The summed E-state index contributed by atoms with van der Waals surface area (Å²) in [5.41, 5.74) is 8.80. The van der Waals surface area contributed by atoms with Gasteiger partial charge in [-0.05, 0) is 37.5 Å². The van der Waals surface area contributed by atoms with Crippen molar-refractivity contribution < 1.29 is 9.53 Å². The molecule has 0 aromatic heterocycles. The molecule has 1 heterocycles. The Bertz CT molecular complexity index is 514. The molecule has 1 saturated heterocycles. The van der Waals surface area contributed by atoms with Crippen molar-refractivity contribution in [2.45, 2.75) is 31.8 Å². The van der Waals surface area contributed by atoms with Crippen molar-refractivity contribution >= 4 is 17.3 Å². The van der Waals surface area contributed by atoms with Crippen molar-refractivity contribution in [1.82, 2.24) is 5.32 Å². The van der Waals surface area contributed by atoms with Crippen LogP contribution in [0.25, 0.3) is 0 Å². The van der Waals surface area contributed by atoms with Crippen LogP contribution in [0.3, 0.4) is 0 Å². The van der Waals surface area contributed by atoms with Crippen LogP contribution in [0.4, 0.5) is 11.4 Å². The molecule has 1 saturated carbocycles. The fourth-order valence-electron chi connectivity index (χ4n) is 2.59. The van der Waals surface area contributed by atoms with E-state index in [2.05, 4.69) is 10.2 Å². The van der Waals surface area contributed by atoms with E-state index < -0.39 is 0 Å². The van der Waals surface area contributed by atoms with E-state index in [1.54, 1.807) is 0 Å². The van der Waals surface area contributed by atoms with Crippen LogP contribution in [-0.4, -0.2) is 37.7 Å². The third-order valence-electron chi connectivity index (χ3n) is 4.01. The van der Waals surface area contributed by atoms with Gasteiger partial charge >= 0.3 is 0 Å². The van der Waals surface area contributed by atoms with Gasteiger partial charge in [0, 0.05) is 24.0 Å². The largest absolute Gasteiger partial charge is 0.398 e. The molecule has 0 spiro atoms. The van der Waals surface area contributed by atoms with E-state index in [-0.39, 0.29) is 11.9 Å². The van der Waals surface area contributed by atoms with Crippen molar-refractivity contribution in [2.24, 2.45) is 0 Å². The predicted octanol–water partition coefficient (Wildman–Crippen LogP) is 1.06. The molecule has 0 radical (unpaired) electrons. The van der Waals surface area contributed by atoms with E-state index in [0.717, 1.165) is 29.8 Å². The van der Waals surface area contributed by atoms with Gasteiger partial charge in [-0.25, -0.2) is 0 Å². The summed E-state index contributed by atoms with van der Waals surface area (Å²) in [5, 5.41) is 3.07. The summed E-state index contributed by atoms with van der Waals surface area (Å²) in [4.78, 5) is 14.5. The fourth-order valence-corrected chi connectivity index (χ4v) is 2.59. The monoisotopic (exact) mass is 275 g/mol. The maximum absolute atomic E-state index is 12.4. The number of ether oxygens (including phenoxy) is 1. The Morgan fingerprint density at radius 2 is 2.25 bits per heavy atom. The van der Waals surface area contributed by atoms with Gasteiger partial charge in [-0.2, -0.15) is 0 Å². The second kappa shape index (κ2) is 5.32. The molecule has 5 nitrogen and oxygen atoms in total. The lowest BCUT2D eigenvalue weighted by molar-refractivity contribution is -0.124. The second-order valence-electron chi connectivity index (χ2n) is 5.56.